The Morgan fingerprint density at radius 3 is 2.56 bits per heavy atom. The fourth-order valence-corrected chi connectivity index (χ4v) is 4.77. The zero-order valence-corrected chi connectivity index (χ0v) is 20.2. The summed E-state index contributed by atoms with van der Waals surface area (Å²) >= 11 is 0. The van der Waals surface area contributed by atoms with Crippen LogP contribution in [0.4, 0.5) is 0 Å². The Balaban J connectivity index is 1.60. The Hall–Kier alpha value is -3.38. The fraction of sp³-hybridized carbons (Fsp3) is 0.357. The highest BCUT2D eigenvalue weighted by Crippen LogP contribution is 2.32. The predicted octanol–water partition coefficient (Wildman–Crippen LogP) is 6.07. The zero-order valence-electron chi connectivity index (χ0n) is 20.2. The van der Waals surface area contributed by atoms with Crippen LogP contribution in [0.25, 0.3) is 22.0 Å². The van der Waals surface area contributed by atoms with E-state index in [-0.39, 0.29) is 5.91 Å². The highest BCUT2D eigenvalue weighted by Gasteiger charge is 2.15. The van der Waals surface area contributed by atoms with Crippen LogP contribution in [0.15, 0.2) is 53.2 Å². The Bertz CT molecular complexity index is 1270. The van der Waals surface area contributed by atoms with E-state index < -0.39 is 0 Å². The van der Waals surface area contributed by atoms with E-state index in [1.54, 1.807) is 5.48 Å². The predicted molar refractivity (Wildman–Crippen MR) is 134 cm³/mol. The Labute approximate surface area is 200 Å². The lowest BCUT2D eigenvalue weighted by molar-refractivity contribution is -0.129. The fourth-order valence-electron chi connectivity index (χ4n) is 4.77. The summed E-state index contributed by atoms with van der Waals surface area (Å²) in [4.78, 5) is 11.2. The van der Waals surface area contributed by atoms with Crippen LogP contribution in [0.3, 0.4) is 0 Å². The first-order valence-corrected chi connectivity index (χ1v) is 12.0. The second kappa shape index (κ2) is 10.7. The number of nitrogens with one attached hydrogen (secondary N) is 1. The second-order valence-electron chi connectivity index (χ2n) is 9.05. The Morgan fingerprint density at radius 1 is 1.03 bits per heavy atom. The third kappa shape index (κ3) is 5.23. The van der Waals surface area contributed by atoms with Gasteiger partial charge in [0, 0.05) is 35.6 Å². The molecule has 0 spiro atoms. The van der Waals surface area contributed by atoms with E-state index in [1.165, 1.54) is 27.6 Å². The molecule has 2 aromatic heterocycles. The van der Waals surface area contributed by atoms with Gasteiger partial charge in [-0.25, -0.2) is 5.48 Å². The summed E-state index contributed by atoms with van der Waals surface area (Å²) in [6.07, 6.45) is 7.29. The topological polar surface area (TPSA) is 80.3 Å². The third-order valence-corrected chi connectivity index (χ3v) is 6.64. The second-order valence-corrected chi connectivity index (χ2v) is 9.05. The molecule has 4 aromatic rings. The molecule has 1 amide bonds. The lowest BCUT2D eigenvalue weighted by atomic mass is 9.98. The molecule has 0 radical (unpaired) electrons. The maximum Gasteiger partial charge on any atom is 0.243 e. The molecule has 0 aliphatic carbocycles. The summed E-state index contributed by atoms with van der Waals surface area (Å²) in [7, 11) is 0. The molecule has 0 aliphatic heterocycles. The minimum Gasteiger partial charge on any atom is -0.361 e. The first-order chi connectivity index (χ1) is 16.5. The highest BCUT2D eigenvalue weighted by molar-refractivity contribution is 5.89. The van der Waals surface area contributed by atoms with E-state index in [2.05, 4.69) is 65.3 Å². The molecule has 0 unspecified atom stereocenters. The van der Waals surface area contributed by atoms with Crippen LogP contribution in [0.1, 0.15) is 53.8 Å². The molecular weight excluding hydrogens is 426 g/mol. The number of hydrogen-bond donors (Lipinski definition) is 2. The van der Waals surface area contributed by atoms with Crippen molar-refractivity contribution in [3.8, 4) is 11.1 Å². The molecule has 34 heavy (non-hydrogen) atoms. The number of unbranched alkanes of at least 4 members (excludes halogenated alkanes) is 2. The largest absolute Gasteiger partial charge is 0.361 e. The molecule has 0 fully saturated rings. The summed E-state index contributed by atoms with van der Waals surface area (Å²) in [5.74, 6) is 0.515. The quantitative estimate of drug-likeness (QED) is 0.171. The van der Waals surface area contributed by atoms with Gasteiger partial charge in [-0.1, -0.05) is 41.9 Å². The van der Waals surface area contributed by atoms with E-state index in [0.717, 1.165) is 61.2 Å². The van der Waals surface area contributed by atoms with Crippen molar-refractivity contribution < 1.29 is 14.5 Å². The molecule has 6 heteroatoms. The van der Waals surface area contributed by atoms with Crippen LogP contribution in [-0.2, 0) is 24.2 Å². The van der Waals surface area contributed by atoms with E-state index in [1.807, 2.05) is 13.8 Å². The number of fused-ring (bicyclic) bond motifs is 1. The normalized spacial score (nSPS) is 11.3. The van der Waals surface area contributed by atoms with Gasteiger partial charge in [-0.05, 0) is 80.8 Å². The van der Waals surface area contributed by atoms with Crippen molar-refractivity contribution in [2.24, 2.45) is 0 Å². The van der Waals surface area contributed by atoms with Crippen molar-refractivity contribution >= 4 is 16.8 Å². The number of rotatable bonds is 10. The van der Waals surface area contributed by atoms with Gasteiger partial charge in [-0.3, -0.25) is 10.0 Å². The van der Waals surface area contributed by atoms with Crippen molar-refractivity contribution in [2.75, 3.05) is 0 Å². The van der Waals surface area contributed by atoms with Crippen molar-refractivity contribution in [1.82, 2.24) is 15.2 Å². The first-order valence-electron chi connectivity index (χ1n) is 12.0. The van der Waals surface area contributed by atoms with E-state index in [9.17, 15) is 4.79 Å². The smallest absolute Gasteiger partial charge is 0.243 e. The number of benzene rings is 2. The van der Waals surface area contributed by atoms with Crippen LogP contribution in [0.5, 0.6) is 0 Å². The molecule has 0 bridgehead atoms. The van der Waals surface area contributed by atoms with Gasteiger partial charge in [0.1, 0.15) is 5.76 Å². The Morgan fingerprint density at radius 2 is 1.82 bits per heavy atom. The molecule has 0 saturated heterocycles. The molecule has 2 N–H and O–H groups in total. The summed E-state index contributed by atoms with van der Waals surface area (Å²) in [5.41, 5.74) is 10.1. The molecule has 0 aliphatic rings. The van der Waals surface area contributed by atoms with Crippen LogP contribution in [0.2, 0.25) is 0 Å². The minimum atomic E-state index is -0.322. The average Bonchev–Trinajstić information content (AvgIpc) is 3.36. The number of hydroxylamine groups is 1. The zero-order chi connectivity index (χ0) is 24.1. The summed E-state index contributed by atoms with van der Waals surface area (Å²) < 4.78 is 7.76. The molecule has 2 aromatic carbocycles. The van der Waals surface area contributed by atoms with Gasteiger partial charge in [0.2, 0.25) is 5.91 Å². The van der Waals surface area contributed by atoms with Crippen LogP contribution in [0, 0.1) is 20.8 Å². The number of aromatic nitrogens is 2. The van der Waals surface area contributed by atoms with Gasteiger partial charge >= 0.3 is 0 Å². The molecule has 4 rings (SSSR count). The average molecular weight is 460 g/mol. The minimum absolute atomic E-state index is 0.322. The number of hydrogen-bond acceptors (Lipinski definition) is 4. The van der Waals surface area contributed by atoms with Crippen LogP contribution < -0.4 is 5.48 Å². The van der Waals surface area contributed by atoms with Gasteiger partial charge in [-0.15, -0.1) is 0 Å². The summed E-state index contributed by atoms with van der Waals surface area (Å²) in [5, 5.41) is 14.1. The SMILES string of the molecule is Cc1ccccc1CCc1cn(CCCCCC(=O)NO)c2ccc(-c3c(C)noc3C)cc12. The molecule has 0 atom stereocenters. The summed E-state index contributed by atoms with van der Waals surface area (Å²) in [6.45, 7) is 7.01. The van der Waals surface area contributed by atoms with Crippen molar-refractivity contribution in [2.45, 2.75) is 65.8 Å². The van der Waals surface area contributed by atoms with Crippen molar-refractivity contribution in [3.05, 3.63) is 76.8 Å². The van der Waals surface area contributed by atoms with Gasteiger partial charge < -0.3 is 9.09 Å². The van der Waals surface area contributed by atoms with Gasteiger partial charge in [0.25, 0.3) is 0 Å². The first kappa shape index (κ1) is 23.8. The lowest BCUT2D eigenvalue weighted by Crippen LogP contribution is -2.17. The molecule has 0 saturated carbocycles. The van der Waals surface area contributed by atoms with Crippen molar-refractivity contribution in [1.29, 1.82) is 0 Å². The highest BCUT2D eigenvalue weighted by atomic mass is 16.5. The molecule has 2 heterocycles. The van der Waals surface area contributed by atoms with E-state index in [4.69, 9.17) is 9.73 Å². The molecule has 178 valence electrons. The lowest BCUT2D eigenvalue weighted by Gasteiger charge is -2.07. The van der Waals surface area contributed by atoms with E-state index >= 15 is 0 Å². The standard InChI is InChI=1S/C28H33N3O3/c1-19-9-6-7-10-22(19)12-13-24-18-31(16-8-4-5-11-27(32)29-33)26-15-14-23(17-25(24)26)28-20(2)30-34-21(28)3/h6-7,9-10,14-15,17-18,33H,4-5,8,11-13,16H2,1-3H3,(H,29,32). The van der Waals surface area contributed by atoms with Gasteiger partial charge in [-0.2, -0.15) is 0 Å². The monoisotopic (exact) mass is 459 g/mol. The maximum atomic E-state index is 11.2. The van der Waals surface area contributed by atoms with Gasteiger partial charge in [0.05, 0.1) is 5.69 Å². The number of carbonyl (C=O) groups excluding carboxylic acids is 1. The van der Waals surface area contributed by atoms with Gasteiger partial charge in [0.15, 0.2) is 0 Å². The number of nitrogens with zero attached hydrogens (tertiary/aromatic N) is 2. The number of aryl methyl sites for hydroxylation is 6. The van der Waals surface area contributed by atoms with Crippen molar-refractivity contribution in [3.63, 3.8) is 0 Å². The number of amides is 1. The van der Waals surface area contributed by atoms with E-state index in [0.29, 0.717) is 6.42 Å². The Kier molecular flexibility index (Phi) is 7.48. The molecule has 6 nitrogen and oxygen atoms in total. The maximum absolute atomic E-state index is 11.2. The number of carbonyl (C=O) groups is 1. The molecular formula is C28H33N3O3. The summed E-state index contributed by atoms with van der Waals surface area (Å²) in [6, 6.07) is 15.2. The van der Waals surface area contributed by atoms with Crippen LogP contribution in [-0.4, -0.2) is 20.8 Å². The van der Waals surface area contributed by atoms with Crippen LogP contribution >= 0.6 is 0 Å². The third-order valence-electron chi connectivity index (χ3n) is 6.64.